The van der Waals surface area contributed by atoms with Gasteiger partial charge in [0.05, 0.1) is 5.52 Å². The minimum atomic E-state index is 0.869. The minimum absolute atomic E-state index is 0.869. The van der Waals surface area contributed by atoms with Crippen molar-refractivity contribution in [2.24, 2.45) is 0 Å². The molecule has 2 aromatic carbocycles. The van der Waals surface area contributed by atoms with Crippen LogP contribution < -0.4 is 9.80 Å². The molecule has 1 aliphatic heterocycles. The van der Waals surface area contributed by atoms with Crippen LogP contribution in [-0.2, 0) is 6.54 Å². The van der Waals surface area contributed by atoms with Crippen molar-refractivity contribution >= 4 is 28.0 Å². The summed E-state index contributed by atoms with van der Waals surface area (Å²) in [5.41, 5.74) is 7.02. The predicted octanol–water partition coefficient (Wildman–Crippen LogP) is 4.29. The van der Waals surface area contributed by atoms with E-state index < -0.39 is 0 Å². The second-order valence-electron chi connectivity index (χ2n) is 6.15. The van der Waals surface area contributed by atoms with E-state index in [2.05, 4.69) is 77.9 Å². The molecule has 0 unspecified atom stereocenters. The number of nitrogens with zero attached hydrogens (tertiary/aromatic N) is 3. The number of benzene rings is 2. The van der Waals surface area contributed by atoms with Gasteiger partial charge in [-0.25, -0.2) is 0 Å². The second kappa shape index (κ2) is 5.13. The first-order valence-electron chi connectivity index (χ1n) is 7.75. The third kappa shape index (κ3) is 2.25. The van der Waals surface area contributed by atoms with Gasteiger partial charge in [0.15, 0.2) is 0 Å². The molecule has 1 aliphatic rings. The van der Waals surface area contributed by atoms with E-state index in [0.717, 1.165) is 28.8 Å². The highest BCUT2D eigenvalue weighted by atomic mass is 15.2. The highest BCUT2D eigenvalue weighted by Crippen LogP contribution is 2.38. The number of aromatic nitrogens is 1. The zero-order chi connectivity index (χ0) is 16.0. The number of pyridine rings is 1. The Labute approximate surface area is 136 Å². The van der Waals surface area contributed by atoms with Crippen LogP contribution in [0.15, 0.2) is 61.3 Å². The zero-order valence-corrected chi connectivity index (χ0v) is 13.5. The third-order valence-electron chi connectivity index (χ3n) is 4.47. The van der Waals surface area contributed by atoms with E-state index in [1.807, 2.05) is 12.3 Å². The molecule has 0 spiro atoms. The van der Waals surface area contributed by atoms with Gasteiger partial charge in [-0.15, -0.1) is 0 Å². The fraction of sp³-hybridized carbons (Fsp3) is 0.150. The van der Waals surface area contributed by atoms with Crippen LogP contribution in [0.5, 0.6) is 0 Å². The molecule has 0 atom stereocenters. The monoisotopic (exact) mass is 301 g/mol. The van der Waals surface area contributed by atoms with Crippen molar-refractivity contribution in [1.82, 2.24) is 4.98 Å². The highest BCUT2D eigenvalue weighted by Gasteiger charge is 2.24. The molecule has 114 valence electrons. The summed E-state index contributed by atoms with van der Waals surface area (Å²) in [4.78, 5) is 8.79. The van der Waals surface area contributed by atoms with E-state index in [9.17, 15) is 0 Å². The quantitative estimate of drug-likeness (QED) is 0.704. The van der Waals surface area contributed by atoms with Crippen molar-refractivity contribution < 1.29 is 0 Å². The summed E-state index contributed by atoms with van der Waals surface area (Å²) in [6.07, 6.45) is 1.83. The Balaban J connectivity index is 1.74. The maximum Gasteiger partial charge on any atom is 0.0703 e. The molecular weight excluding hydrogens is 282 g/mol. The molecule has 3 heteroatoms. The van der Waals surface area contributed by atoms with Gasteiger partial charge in [-0.05, 0) is 42.0 Å². The summed E-state index contributed by atoms with van der Waals surface area (Å²) in [7, 11) is 4.13. The summed E-state index contributed by atoms with van der Waals surface area (Å²) in [5, 5.41) is 1.16. The van der Waals surface area contributed by atoms with Crippen LogP contribution in [0.1, 0.15) is 11.1 Å². The fourth-order valence-electron chi connectivity index (χ4n) is 3.14. The third-order valence-corrected chi connectivity index (χ3v) is 4.47. The molecule has 0 radical (unpaired) electrons. The lowest BCUT2D eigenvalue weighted by Gasteiger charge is -2.20. The molecule has 4 rings (SSSR count). The van der Waals surface area contributed by atoms with Crippen molar-refractivity contribution in [1.29, 1.82) is 0 Å². The van der Waals surface area contributed by atoms with E-state index in [1.165, 1.54) is 16.8 Å². The van der Waals surface area contributed by atoms with Gasteiger partial charge in [0.1, 0.15) is 0 Å². The van der Waals surface area contributed by atoms with Gasteiger partial charge < -0.3 is 9.80 Å². The molecule has 0 saturated carbocycles. The molecule has 0 amide bonds. The van der Waals surface area contributed by atoms with Gasteiger partial charge >= 0.3 is 0 Å². The first-order valence-corrected chi connectivity index (χ1v) is 7.75. The average molecular weight is 301 g/mol. The lowest BCUT2D eigenvalue weighted by Crippen LogP contribution is -2.12. The van der Waals surface area contributed by atoms with Crippen molar-refractivity contribution in [3.8, 4) is 0 Å². The SMILES string of the molecule is C=C1c2cc(N(C)C)ccc2CN1c1ccc2ncccc2c1. The Morgan fingerprint density at radius 1 is 1.09 bits per heavy atom. The van der Waals surface area contributed by atoms with Gasteiger partial charge in [-0.3, -0.25) is 4.98 Å². The summed E-state index contributed by atoms with van der Waals surface area (Å²) in [6.45, 7) is 5.19. The molecule has 0 aliphatic carbocycles. The molecule has 0 fully saturated rings. The molecule has 3 aromatic rings. The normalized spacial score (nSPS) is 13.5. The highest BCUT2D eigenvalue weighted by molar-refractivity contribution is 5.89. The smallest absolute Gasteiger partial charge is 0.0703 e. The summed E-state index contributed by atoms with van der Waals surface area (Å²) < 4.78 is 0. The fourth-order valence-corrected chi connectivity index (χ4v) is 3.14. The predicted molar refractivity (Wildman–Crippen MR) is 97.7 cm³/mol. The van der Waals surface area contributed by atoms with Gasteiger partial charge in [0, 0.05) is 54.9 Å². The van der Waals surface area contributed by atoms with E-state index in [1.54, 1.807) is 0 Å². The van der Waals surface area contributed by atoms with E-state index in [0.29, 0.717) is 0 Å². The summed E-state index contributed by atoms with van der Waals surface area (Å²) >= 11 is 0. The number of rotatable bonds is 2. The average Bonchev–Trinajstić information content (AvgIpc) is 2.91. The lowest BCUT2D eigenvalue weighted by atomic mass is 10.1. The zero-order valence-electron chi connectivity index (χ0n) is 13.5. The van der Waals surface area contributed by atoms with E-state index in [-0.39, 0.29) is 0 Å². The van der Waals surface area contributed by atoms with Crippen LogP contribution in [0.2, 0.25) is 0 Å². The maximum absolute atomic E-state index is 4.39. The molecule has 0 saturated heterocycles. The summed E-state index contributed by atoms with van der Waals surface area (Å²) in [6, 6.07) is 17.1. The van der Waals surface area contributed by atoms with Crippen LogP contribution >= 0.6 is 0 Å². The molecule has 23 heavy (non-hydrogen) atoms. The Bertz CT molecular complexity index is 912. The van der Waals surface area contributed by atoms with E-state index >= 15 is 0 Å². The number of hydrogen-bond acceptors (Lipinski definition) is 3. The van der Waals surface area contributed by atoms with Crippen LogP contribution in [0, 0.1) is 0 Å². The van der Waals surface area contributed by atoms with Gasteiger partial charge in [0.25, 0.3) is 0 Å². The number of fused-ring (bicyclic) bond motifs is 2. The van der Waals surface area contributed by atoms with Gasteiger partial charge in [-0.1, -0.05) is 18.7 Å². The largest absolute Gasteiger partial charge is 0.378 e. The topological polar surface area (TPSA) is 19.4 Å². The second-order valence-corrected chi connectivity index (χ2v) is 6.15. The standard InChI is InChI=1S/C20H19N3/c1-14-19-12-17(22(2)3)7-6-16(19)13-23(14)18-8-9-20-15(11-18)5-4-10-21-20/h4-12H,1,13H2,2-3H3. The van der Waals surface area contributed by atoms with Crippen molar-refractivity contribution in [3.05, 3.63) is 72.4 Å². The number of hydrogen-bond donors (Lipinski definition) is 0. The van der Waals surface area contributed by atoms with Crippen LogP contribution in [-0.4, -0.2) is 19.1 Å². The Morgan fingerprint density at radius 2 is 1.96 bits per heavy atom. The van der Waals surface area contributed by atoms with Crippen LogP contribution in [0.3, 0.4) is 0 Å². The van der Waals surface area contributed by atoms with Crippen molar-refractivity contribution in [2.75, 3.05) is 23.9 Å². The molecule has 1 aromatic heterocycles. The molecular formula is C20H19N3. The molecule has 0 bridgehead atoms. The van der Waals surface area contributed by atoms with Crippen molar-refractivity contribution in [2.45, 2.75) is 6.54 Å². The van der Waals surface area contributed by atoms with Crippen LogP contribution in [0.25, 0.3) is 16.6 Å². The molecule has 0 N–H and O–H groups in total. The maximum atomic E-state index is 4.39. The Kier molecular flexibility index (Phi) is 3.08. The van der Waals surface area contributed by atoms with Crippen LogP contribution in [0.4, 0.5) is 11.4 Å². The van der Waals surface area contributed by atoms with Gasteiger partial charge in [-0.2, -0.15) is 0 Å². The Hall–Kier alpha value is -2.81. The van der Waals surface area contributed by atoms with Crippen molar-refractivity contribution in [3.63, 3.8) is 0 Å². The number of anilines is 2. The molecule has 2 heterocycles. The minimum Gasteiger partial charge on any atom is -0.378 e. The summed E-state index contributed by atoms with van der Waals surface area (Å²) in [5.74, 6) is 0. The molecule has 3 nitrogen and oxygen atoms in total. The van der Waals surface area contributed by atoms with Gasteiger partial charge in [0.2, 0.25) is 0 Å². The Morgan fingerprint density at radius 3 is 2.78 bits per heavy atom. The lowest BCUT2D eigenvalue weighted by molar-refractivity contribution is 1.04. The first-order chi connectivity index (χ1) is 11.1. The van der Waals surface area contributed by atoms with E-state index in [4.69, 9.17) is 0 Å². The first kappa shape index (κ1) is 13.8.